The molecule has 8 nitrogen and oxygen atoms in total. The average Bonchev–Trinajstić information content (AvgIpc) is 2.82. The van der Waals surface area contributed by atoms with E-state index in [1.165, 1.54) is 0 Å². The van der Waals surface area contributed by atoms with Gasteiger partial charge in [-0.1, -0.05) is 5.21 Å². The van der Waals surface area contributed by atoms with Crippen LogP contribution in [0.5, 0.6) is 0 Å². The zero-order valence-corrected chi connectivity index (χ0v) is 10.0. The van der Waals surface area contributed by atoms with E-state index in [9.17, 15) is 4.79 Å². The summed E-state index contributed by atoms with van der Waals surface area (Å²) in [6.07, 6.45) is 1.33. The number of nitrogens with two attached hydrogens (primary N) is 1. The number of H-pyrrole nitrogens is 1. The van der Waals surface area contributed by atoms with Gasteiger partial charge in [-0.05, 0) is 19.8 Å². The van der Waals surface area contributed by atoms with Crippen LogP contribution in [0.15, 0.2) is 0 Å². The van der Waals surface area contributed by atoms with Crippen LogP contribution in [0.25, 0.3) is 0 Å². The van der Waals surface area contributed by atoms with Crippen LogP contribution in [0.3, 0.4) is 0 Å². The van der Waals surface area contributed by atoms with E-state index in [1.807, 2.05) is 0 Å². The first-order valence-electron chi connectivity index (χ1n) is 5.43. The van der Waals surface area contributed by atoms with Crippen molar-refractivity contribution >= 4 is 5.91 Å². The number of aromatic nitrogens is 4. The van der Waals surface area contributed by atoms with E-state index >= 15 is 0 Å². The van der Waals surface area contributed by atoms with Crippen molar-refractivity contribution in [3.63, 3.8) is 0 Å². The lowest BCUT2D eigenvalue weighted by atomic mass is 10.1. The molecule has 0 fully saturated rings. The Morgan fingerprint density at radius 3 is 3.00 bits per heavy atom. The molecule has 0 bridgehead atoms. The minimum absolute atomic E-state index is 0.224. The molecule has 0 radical (unpaired) electrons. The first-order valence-corrected chi connectivity index (χ1v) is 5.43. The molecule has 4 N–H and O–H groups in total. The van der Waals surface area contributed by atoms with Crippen LogP contribution in [0, 0.1) is 0 Å². The summed E-state index contributed by atoms with van der Waals surface area (Å²) in [5.41, 5.74) is 5.73. The van der Waals surface area contributed by atoms with Gasteiger partial charge in [0.05, 0.1) is 12.1 Å². The standard InChI is InChI=1S/C9H18N6O2/c1-6(8-12-14-15-13-8)11-9(16)7(10)4-3-5-17-2/h6-7H,3-5,10H2,1-2H3,(H,11,16)(H,12,13,14,15). The third-order valence-electron chi connectivity index (χ3n) is 2.31. The van der Waals surface area contributed by atoms with E-state index in [0.717, 1.165) is 6.42 Å². The van der Waals surface area contributed by atoms with E-state index in [4.69, 9.17) is 10.5 Å². The largest absolute Gasteiger partial charge is 0.385 e. The van der Waals surface area contributed by atoms with E-state index in [0.29, 0.717) is 18.9 Å². The Morgan fingerprint density at radius 2 is 2.41 bits per heavy atom. The molecule has 8 heteroatoms. The van der Waals surface area contributed by atoms with Crippen LogP contribution in [-0.2, 0) is 9.53 Å². The van der Waals surface area contributed by atoms with Gasteiger partial charge in [-0.15, -0.1) is 10.2 Å². The maximum absolute atomic E-state index is 11.7. The summed E-state index contributed by atoms with van der Waals surface area (Å²) in [5.74, 6) is 0.209. The maximum Gasteiger partial charge on any atom is 0.237 e. The minimum atomic E-state index is -0.542. The van der Waals surface area contributed by atoms with Crippen molar-refractivity contribution in [2.75, 3.05) is 13.7 Å². The summed E-state index contributed by atoms with van der Waals surface area (Å²) in [4.78, 5) is 11.7. The number of carbonyl (C=O) groups excluding carboxylic acids is 1. The number of aromatic amines is 1. The summed E-state index contributed by atoms with van der Waals surface area (Å²) in [6.45, 7) is 2.37. The zero-order valence-electron chi connectivity index (χ0n) is 10.0. The Bertz CT molecular complexity index is 328. The number of rotatable bonds is 7. The van der Waals surface area contributed by atoms with Crippen molar-refractivity contribution in [1.29, 1.82) is 0 Å². The van der Waals surface area contributed by atoms with E-state index in [2.05, 4.69) is 25.9 Å². The SMILES string of the molecule is COCCCC(N)C(=O)NC(C)c1nn[nH]n1. The number of hydrogen-bond acceptors (Lipinski definition) is 6. The van der Waals surface area contributed by atoms with Gasteiger partial charge in [0.1, 0.15) is 0 Å². The molecule has 2 atom stereocenters. The fourth-order valence-corrected chi connectivity index (χ4v) is 1.32. The van der Waals surface area contributed by atoms with E-state index < -0.39 is 6.04 Å². The van der Waals surface area contributed by atoms with E-state index in [1.54, 1.807) is 14.0 Å². The fraction of sp³-hybridized carbons (Fsp3) is 0.778. The van der Waals surface area contributed by atoms with Crippen LogP contribution in [0.4, 0.5) is 0 Å². The second-order valence-corrected chi connectivity index (χ2v) is 3.74. The molecule has 2 unspecified atom stereocenters. The zero-order chi connectivity index (χ0) is 12.7. The van der Waals surface area contributed by atoms with Gasteiger partial charge in [0.25, 0.3) is 0 Å². The number of carbonyl (C=O) groups is 1. The molecule has 0 aromatic carbocycles. The van der Waals surface area contributed by atoms with Crippen LogP contribution < -0.4 is 11.1 Å². The first-order chi connectivity index (χ1) is 8.15. The second-order valence-electron chi connectivity index (χ2n) is 3.74. The van der Waals surface area contributed by atoms with Crippen LogP contribution in [-0.4, -0.2) is 46.3 Å². The smallest absolute Gasteiger partial charge is 0.237 e. The van der Waals surface area contributed by atoms with Gasteiger partial charge in [-0.2, -0.15) is 5.21 Å². The molecule has 17 heavy (non-hydrogen) atoms. The van der Waals surface area contributed by atoms with Gasteiger partial charge in [-0.3, -0.25) is 4.79 Å². The monoisotopic (exact) mass is 242 g/mol. The van der Waals surface area contributed by atoms with Crippen molar-refractivity contribution in [3.8, 4) is 0 Å². The van der Waals surface area contributed by atoms with Crippen molar-refractivity contribution in [1.82, 2.24) is 25.9 Å². The number of methoxy groups -OCH3 is 1. The number of amides is 1. The van der Waals surface area contributed by atoms with Gasteiger partial charge in [0.15, 0.2) is 5.82 Å². The molecule has 0 saturated heterocycles. The summed E-state index contributed by atoms with van der Waals surface area (Å²) < 4.78 is 4.89. The van der Waals surface area contributed by atoms with Crippen molar-refractivity contribution in [2.45, 2.75) is 31.8 Å². The Hall–Kier alpha value is -1.54. The highest BCUT2D eigenvalue weighted by Gasteiger charge is 2.18. The van der Waals surface area contributed by atoms with Gasteiger partial charge >= 0.3 is 0 Å². The van der Waals surface area contributed by atoms with Gasteiger partial charge in [0.2, 0.25) is 5.91 Å². The van der Waals surface area contributed by atoms with Crippen molar-refractivity contribution in [2.24, 2.45) is 5.73 Å². The van der Waals surface area contributed by atoms with Gasteiger partial charge in [0, 0.05) is 13.7 Å². The highest BCUT2D eigenvalue weighted by Crippen LogP contribution is 2.04. The van der Waals surface area contributed by atoms with Crippen molar-refractivity contribution < 1.29 is 9.53 Å². The predicted molar refractivity (Wildman–Crippen MR) is 59.8 cm³/mol. The number of nitrogens with one attached hydrogen (secondary N) is 2. The molecule has 0 aliphatic heterocycles. The number of nitrogens with zero attached hydrogens (tertiary/aromatic N) is 3. The summed E-state index contributed by atoms with van der Waals surface area (Å²) in [6, 6.07) is -0.853. The number of hydrogen-bond donors (Lipinski definition) is 3. The number of tetrazole rings is 1. The summed E-state index contributed by atoms with van der Waals surface area (Å²) in [5, 5.41) is 16.0. The third-order valence-corrected chi connectivity index (χ3v) is 2.31. The Balaban J connectivity index is 2.33. The fourth-order valence-electron chi connectivity index (χ4n) is 1.32. The molecular formula is C9H18N6O2. The van der Waals surface area contributed by atoms with E-state index in [-0.39, 0.29) is 11.9 Å². The van der Waals surface area contributed by atoms with Gasteiger partial charge < -0.3 is 15.8 Å². The molecule has 1 aromatic heterocycles. The van der Waals surface area contributed by atoms with Crippen LogP contribution >= 0.6 is 0 Å². The lowest BCUT2D eigenvalue weighted by Crippen LogP contribution is -2.41. The molecule has 1 rings (SSSR count). The topological polar surface area (TPSA) is 119 Å². The molecule has 0 aliphatic rings. The molecule has 1 heterocycles. The molecule has 0 aliphatic carbocycles. The number of ether oxygens (including phenoxy) is 1. The molecule has 1 aromatic rings. The summed E-state index contributed by atoms with van der Waals surface area (Å²) in [7, 11) is 1.61. The normalized spacial score (nSPS) is 14.3. The first kappa shape index (κ1) is 13.5. The predicted octanol–water partition coefficient (Wildman–Crippen LogP) is -0.869. The van der Waals surface area contributed by atoms with Crippen LogP contribution in [0.2, 0.25) is 0 Å². The Labute approximate surface area is 99.3 Å². The molecular weight excluding hydrogens is 224 g/mol. The third kappa shape index (κ3) is 4.45. The summed E-state index contributed by atoms with van der Waals surface area (Å²) >= 11 is 0. The Morgan fingerprint density at radius 1 is 1.65 bits per heavy atom. The van der Waals surface area contributed by atoms with Crippen molar-refractivity contribution in [3.05, 3.63) is 5.82 Å². The lowest BCUT2D eigenvalue weighted by Gasteiger charge is -2.14. The van der Waals surface area contributed by atoms with Gasteiger partial charge in [-0.25, -0.2) is 0 Å². The molecule has 0 saturated carbocycles. The van der Waals surface area contributed by atoms with Crippen LogP contribution in [0.1, 0.15) is 31.6 Å². The highest BCUT2D eigenvalue weighted by atomic mass is 16.5. The minimum Gasteiger partial charge on any atom is -0.385 e. The second kappa shape index (κ2) is 6.92. The highest BCUT2D eigenvalue weighted by molar-refractivity contribution is 5.81. The lowest BCUT2D eigenvalue weighted by molar-refractivity contribution is -0.123. The average molecular weight is 242 g/mol. The quantitative estimate of drug-likeness (QED) is 0.535. The molecule has 0 spiro atoms. The molecule has 1 amide bonds. The Kier molecular flexibility index (Phi) is 5.50. The maximum atomic E-state index is 11.7. The molecule has 96 valence electrons.